The SMILES string of the molecule is CCNC(=O)N1CC[C@@]2(CCn3nc(-c4cnc(N)c(OC(CC)c5ccccc5)c4)cc32)C1. The largest absolute Gasteiger partial charge is 0.482 e. The maximum absolute atomic E-state index is 12.4. The van der Waals surface area contributed by atoms with Gasteiger partial charge in [0.25, 0.3) is 0 Å². The number of nitrogens with zero attached hydrogens (tertiary/aromatic N) is 4. The summed E-state index contributed by atoms with van der Waals surface area (Å²) in [6.45, 7) is 7.04. The van der Waals surface area contributed by atoms with E-state index in [2.05, 4.69) is 40.1 Å². The number of carbonyl (C=O) groups excluding carboxylic acids is 1. The minimum Gasteiger partial charge on any atom is -0.482 e. The molecule has 0 bridgehead atoms. The molecule has 1 unspecified atom stereocenters. The summed E-state index contributed by atoms with van der Waals surface area (Å²) in [6, 6.07) is 14.3. The van der Waals surface area contributed by atoms with Gasteiger partial charge < -0.3 is 20.7 Å². The number of nitrogen functional groups attached to an aromatic ring is 1. The number of pyridine rings is 1. The summed E-state index contributed by atoms with van der Waals surface area (Å²) in [7, 11) is 0. The van der Waals surface area contributed by atoms with Crippen LogP contribution in [0.2, 0.25) is 0 Å². The fourth-order valence-electron chi connectivity index (χ4n) is 5.22. The number of anilines is 1. The molecule has 1 spiro atoms. The maximum Gasteiger partial charge on any atom is 0.317 e. The van der Waals surface area contributed by atoms with Crippen molar-refractivity contribution < 1.29 is 9.53 Å². The number of aromatic nitrogens is 3. The number of likely N-dealkylation sites (tertiary alicyclic amines) is 1. The minimum atomic E-state index is -0.102. The average Bonchev–Trinajstić information content (AvgIpc) is 3.56. The van der Waals surface area contributed by atoms with E-state index in [1.165, 1.54) is 5.69 Å². The Morgan fingerprint density at radius 2 is 2.00 bits per heavy atom. The summed E-state index contributed by atoms with van der Waals surface area (Å²) >= 11 is 0. The number of nitrogens with two attached hydrogens (primary N) is 1. The van der Waals surface area contributed by atoms with Crippen molar-refractivity contribution >= 4 is 11.8 Å². The van der Waals surface area contributed by atoms with Crippen LogP contribution in [0.1, 0.15) is 50.5 Å². The molecule has 1 fully saturated rings. The number of carbonyl (C=O) groups is 1. The van der Waals surface area contributed by atoms with Crippen LogP contribution in [0.3, 0.4) is 0 Å². The highest BCUT2D eigenvalue weighted by Crippen LogP contribution is 2.44. The molecule has 3 aromatic rings. The summed E-state index contributed by atoms with van der Waals surface area (Å²) in [4.78, 5) is 18.7. The molecule has 2 aliphatic heterocycles. The summed E-state index contributed by atoms with van der Waals surface area (Å²) in [5.41, 5.74) is 10.2. The molecule has 1 aromatic carbocycles. The molecule has 8 nitrogen and oxygen atoms in total. The van der Waals surface area contributed by atoms with Crippen molar-refractivity contribution in [1.29, 1.82) is 0 Å². The van der Waals surface area contributed by atoms with Crippen LogP contribution in [0.15, 0.2) is 48.7 Å². The monoisotopic (exact) mass is 460 g/mol. The molecule has 0 aliphatic carbocycles. The third kappa shape index (κ3) is 3.97. The third-order valence-electron chi connectivity index (χ3n) is 7.08. The quantitative estimate of drug-likeness (QED) is 0.576. The number of rotatable bonds is 6. The Balaban J connectivity index is 1.39. The van der Waals surface area contributed by atoms with Crippen molar-refractivity contribution in [2.24, 2.45) is 0 Å². The zero-order valence-electron chi connectivity index (χ0n) is 19.8. The summed E-state index contributed by atoms with van der Waals surface area (Å²) in [5, 5.41) is 7.80. The van der Waals surface area contributed by atoms with E-state index in [0.717, 1.165) is 55.7 Å². The van der Waals surface area contributed by atoms with Gasteiger partial charge >= 0.3 is 6.03 Å². The minimum absolute atomic E-state index is 0.0194. The van der Waals surface area contributed by atoms with E-state index in [0.29, 0.717) is 18.1 Å². The molecular formula is C26H32N6O2. The van der Waals surface area contributed by atoms with Crippen LogP contribution in [-0.2, 0) is 12.0 Å². The van der Waals surface area contributed by atoms with Crippen molar-refractivity contribution in [3.8, 4) is 17.0 Å². The molecule has 2 atom stereocenters. The van der Waals surface area contributed by atoms with Gasteiger partial charge in [0.1, 0.15) is 6.10 Å². The normalized spacial score (nSPS) is 19.9. The molecule has 2 aliphatic rings. The number of amides is 2. The van der Waals surface area contributed by atoms with Gasteiger partial charge in [-0.1, -0.05) is 37.3 Å². The number of aryl methyl sites for hydroxylation is 1. The van der Waals surface area contributed by atoms with Gasteiger partial charge in [-0.15, -0.1) is 0 Å². The Kier molecular flexibility index (Phi) is 5.89. The number of urea groups is 1. The van der Waals surface area contributed by atoms with Gasteiger partial charge in [-0.3, -0.25) is 4.68 Å². The lowest BCUT2D eigenvalue weighted by molar-refractivity contribution is 0.202. The fraction of sp³-hybridized carbons (Fsp3) is 0.423. The smallest absolute Gasteiger partial charge is 0.317 e. The Bertz CT molecular complexity index is 1180. The topological polar surface area (TPSA) is 98.3 Å². The Morgan fingerprint density at radius 3 is 2.76 bits per heavy atom. The Morgan fingerprint density at radius 1 is 1.21 bits per heavy atom. The molecule has 0 radical (unpaired) electrons. The molecule has 8 heteroatoms. The first-order chi connectivity index (χ1) is 16.5. The first kappa shape index (κ1) is 22.3. The molecular weight excluding hydrogens is 428 g/mol. The van der Waals surface area contributed by atoms with E-state index < -0.39 is 0 Å². The number of hydrogen-bond donors (Lipinski definition) is 2. The lowest BCUT2D eigenvalue weighted by atomic mass is 9.82. The van der Waals surface area contributed by atoms with E-state index in [-0.39, 0.29) is 17.6 Å². The Hall–Kier alpha value is -3.55. The predicted octanol–water partition coefficient (Wildman–Crippen LogP) is 4.13. The predicted molar refractivity (Wildman–Crippen MR) is 132 cm³/mol. The number of nitrogens with one attached hydrogen (secondary N) is 1. The molecule has 5 rings (SSSR count). The van der Waals surface area contributed by atoms with E-state index in [9.17, 15) is 4.79 Å². The summed E-state index contributed by atoms with van der Waals surface area (Å²) in [5.74, 6) is 0.939. The molecule has 3 N–H and O–H groups in total. The lowest BCUT2D eigenvalue weighted by Crippen LogP contribution is -2.40. The molecule has 0 saturated carbocycles. The van der Waals surface area contributed by atoms with Crippen molar-refractivity contribution in [2.75, 3.05) is 25.4 Å². The van der Waals surface area contributed by atoms with Crippen LogP contribution in [0.25, 0.3) is 11.3 Å². The summed E-state index contributed by atoms with van der Waals surface area (Å²) in [6.07, 6.45) is 4.44. The number of hydrogen-bond acceptors (Lipinski definition) is 5. The van der Waals surface area contributed by atoms with Crippen LogP contribution in [0.5, 0.6) is 5.75 Å². The van der Waals surface area contributed by atoms with Gasteiger partial charge in [-0.25, -0.2) is 9.78 Å². The standard InChI is InChI=1S/C26H32N6O2/c1-3-21(18-8-6-5-7-9-18)34-22-14-19(16-29-24(22)27)20-15-23-26(11-13-32(23)30-20)10-12-31(17-26)25(33)28-4-2/h5-9,14-16,21H,3-4,10-13,17H2,1-2H3,(H2,27,29)(H,28,33)/t21?,26-/m1/s1. The fourth-order valence-corrected chi connectivity index (χ4v) is 5.22. The van der Waals surface area contributed by atoms with Gasteiger partial charge in [0, 0.05) is 49.0 Å². The van der Waals surface area contributed by atoms with Gasteiger partial charge in [-0.2, -0.15) is 5.10 Å². The molecule has 2 aromatic heterocycles. The zero-order valence-corrected chi connectivity index (χ0v) is 19.8. The first-order valence-corrected chi connectivity index (χ1v) is 12.1. The second-order valence-corrected chi connectivity index (χ2v) is 9.21. The zero-order chi connectivity index (χ0) is 23.7. The first-order valence-electron chi connectivity index (χ1n) is 12.1. The maximum atomic E-state index is 12.4. The second kappa shape index (κ2) is 9.00. The van der Waals surface area contributed by atoms with Crippen molar-refractivity contribution in [3.05, 3.63) is 59.9 Å². The highest BCUT2D eigenvalue weighted by molar-refractivity contribution is 5.75. The van der Waals surface area contributed by atoms with Crippen LogP contribution < -0.4 is 15.8 Å². The molecule has 1 saturated heterocycles. The third-order valence-corrected chi connectivity index (χ3v) is 7.08. The van der Waals surface area contributed by atoms with Crippen molar-refractivity contribution in [3.63, 3.8) is 0 Å². The van der Waals surface area contributed by atoms with E-state index in [1.54, 1.807) is 6.20 Å². The van der Waals surface area contributed by atoms with E-state index in [1.807, 2.05) is 36.1 Å². The Labute approximate surface area is 200 Å². The van der Waals surface area contributed by atoms with Crippen LogP contribution in [0.4, 0.5) is 10.6 Å². The average molecular weight is 461 g/mol. The van der Waals surface area contributed by atoms with E-state index >= 15 is 0 Å². The number of fused-ring (bicyclic) bond motifs is 2. The second-order valence-electron chi connectivity index (χ2n) is 9.21. The molecule has 2 amide bonds. The van der Waals surface area contributed by atoms with Gasteiger partial charge in [0.05, 0.1) is 5.69 Å². The highest BCUT2D eigenvalue weighted by atomic mass is 16.5. The summed E-state index contributed by atoms with van der Waals surface area (Å²) < 4.78 is 8.39. The van der Waals surface area contributed by atoms with Gasteiger partial charge in [0.15, 0.2) is 11.6 Å². The van der Waals surface area contributed by atoms with E-state index in [4.69, 9.17) is 15.6 Å². The van der Waals surface area contributed by atoms with Crippen molar-refractivity contribution in [1.82, 2.24) is 25.0 Å². The van der Waals surface area contributed by atoms with Crippen LogP contribution >= 0.6 is 0 Å². The molecule has 4 heterocycles. The molecule has 178 valence electrons. The van der Waals surface area contributed by atoms with Crippen LogP contribution in [0, 0.1) is 0 Å². The van der Waals surface area contributed by atoms with Gasteiger partial charge in [0.2, 0.25) is 0 Å². The van der Waals surface area contributed by atoms with Gasteiger partial charge in [-0.05, 0) is 43.9 Å². The molecule has 34 heavy (non-hydrogen) atoms. The number of ether oxygens (including phenoxy) is 1. The number of benzene rings is 1. The lowest BCUT2D eigenvalue weighted by Gasteiger charge is -2.23. The van der Waals surface area contributed by atoms with Crippen molar-refractivity contribution in [2.45, 2.75) is 51.2 Å². The highest BCUT2D eigenvalue weighted by Gasteiger charge is 2.46. The van der Waals surface area contributed by atoms with Crippen LogP contribution in [-0.4, -0.2) is 45.3 Å².